The van der Waals surface area contributed by atoms with Gasteiger partial charge in [0.2, 0.25) is 5.90 Å². The molecule has 0 fully saturated rings. The summed E-state index contributed by atoms with van der Waals surface area (Å²) in [6, 6.07) is 16.1. The normalized spacial score (nSPS) is 14.4. The second kappa shape index (κ2) is 8.48. The second-order valence-corrected chi connectivity index (χ2v) is 7.22. The Labute approximate surface area is 158 Å². The summed E-state index contributed by atoms with van der Waals surface area (Å²) in [5.41, 5.74) is 1.55. The summed E-state index contributed by atoms with van der Waals surface area (Å²) in [7, 11) is -3.83. The van der Waals surface area contributed by atoms with Gasteiger partial charge in [0.1, 0.15) is 6.54 Å². The Balaban J connectivity index is 2.02. The van der Waals surface area contributed by atoms with Gasteiger partial charge in [-0.05, 0) is 38.1 Å². The highest BCUT2D eigenvalue weighted by atomic mass is 31.2. The molecule has 0 saturated carbocycles. The van der Waals surface area contributed by atoms with Gasteiger partial charge < -0.3 is 4.52 Å². The number of carbonyl (C=O) groups excluding carboxylic acids is 1. The van der Waals surface area contributed by atoms with Gasteiger partial charge in [0, 0.05) is 5.69 Å². The third-order valence-electron chi connectivity index (χ3n) is 3.78. The summed E-state index contributed by atoms with van der Waals surface area (Å²) in [6.45, 7) is 3.70. The van der Waals surface area contributed by atoms with E-state index < -0.39 is 7.82 Å². The highest BCUT2D eigenvalue weighted by molar-refractivity contribution is 7.49. The van der Waals surface area contributed by atoms with E-state index in [9.17, 15) is 9.36 Å². The number of phosphoric acid groups is 1. The summed E-state index contributed by atoms with van der Waals surface area (Å²) < 4.78 is 28.7. The molecule has 0 aromatic heterocycles. The fourth-order valence-corrected chi connectivity index (χ4v) is 3.84. The largest absolute Gasteiger partial charge is 0.531 e. The number of anilines is 1. The predicted molar refractivity (Wildman–Crippen MR) is 104 cm³/mol. The number of nitrogens with zero attached hydrogens (tertiary/aromatic N) is 2. The van der Waals surface area contributed by atoms with Crippen LogP contribution in [0.25, 0.3) is 0 Å². The van der Waals surface area contributed by atoms with Crippen LogP contribution in [0.1, 0.15) is 24.2 Å². The average Bonchev–Trinajstić information content (AvgIpc) is 2.79. The van der Waals surface area contributed by atoms with Crippen molar-refractivity contribution in [2.24, 2.45) is 4.99 Å². The average molecular weight is 388 g/mol. The Bertz CT molecular complexity index is 875. The van der Waals surface area contributed by atoms with E-state index in [0.29, 0.717) is 16.9 Å². The summed E-state index contributed by atoms with van der Waals surface area (Å²) in [5, 5.41) is 0. The Kier molecular flexibility index (Phi) is 6.06. The molecular weight excluding hydrogens is 367 g/mol. The molecule has 0 bridgehead atoms. The van der Waals surface area contributed by atoms with Crippen molar-refractivity contribution in [1.29, 1.82) is 0 Å². The van der Waals surface area contributed by atoms with E-state index in [0.717, 1.165) is 0 Å². The third kappa shape index (κ3) is 4.45. The molecule has 0 unspecified atom stereocenters. The maximum atomic E-state index is 13.1. The molecule has 1 amide bonds. The lowest BCUT2D eigenvalue weighted by molar-refractivity contribution is 0.0990. The van der Waals surface area contributed by atoms with Crippen LogP contribution in [0.4, 0.5) is 11.4 Å². The summed E-state index contributed by atoms with van der Waals surface area (Å²) in [5.74, 6) is -0.135. The lowest BCUT2D eigenvalue weighted by Crippen LogP contribution is -2.35. The van der Waals surface area contributed by atoms with E-state index >= 15 is 0 Å². The molecule has 1 heterocycles. The smallest absolute Gasteiger partial charge is 0.388 e. The van der Waals surface area contributed by atoms with Gasteiger partial charge in [-0.3, -0.25) is 18.7 Å². The molecule has 0 spiro atoms. The molecule has 0 radical (unpaired) electrons. The van der Waals surface area contributed by atoms with Gasteiger partial charge >= 0.3 is 7.82 Å². The third-order valence-corrected chi connectivity index (χ3v) is 5.36. The zero-order valence-corrected chi connectivity index (χ0v) is 16.1. The molecule has 1 aliphatic heterocycles. The Hall–Kier alpha value is -2.47. The predicted octanol–water partition coefficient (Wildman–Crippen LogP) is 4.57. The number of fused-ring (bicyclic) bond motifs is 1. The quantitative estimate of drug-likeness (QED) is 0.677. The second-order valence-electron chi connectivity index (χ2n) is 5.62. The van der Waals surface area contributed by atoms with Crippen molar-refractivity contribution in [2.75, 3.05) is 24.7 Å². The van der Waals surface area contributed by atoms with Gasteiger partial charge in [0.15, 0.2) is 0 Å². The van der Waals surface area contributed by atoms with E-state index in [4.69, 9.17) is 13.6 Å². The molecule has 3 rings (SSSR count). The number of benzene rings is 2. The van der Waals surface area contributed by atoms with Crippen LogP contribution in [0.2, 0.25) is 0 Å². The number of phosphoric ester groups is 1. The van der Waals surface area contributed by atoms with Crippen molar-refractivity contribution in [3.05, 3.63) is 60.2 Å². The summed E-state index contributed by atoms with van der Waals surface area (Å²) >= 11 is 0. The summed E-state index contributed by atoms with van der Waals surface area (Å²) in [6.07, 6.45) is 0. The van der Waals surface area contributed by atoms with Crippen LogP contribution in [-0.2, 0) is 18.1 Å². The monoisotopic (exact) mass is 388 g/mol. The minimum atomic E-state index is -3.83. The maximum Gasteiger partial charge on any atom is 0.531 e. The fourth-order valence-electron chi connectivity index (χ4n) is 2.68. The molecule has 0 atom stereocenters. The van der Waals surface area contributed by atoms with E-state index in [1.165, 1.54) is 4.90 Å². The zero-order chi connectivity index (χ0) is 19.3. The van der Waals surface area contributed by atoms with Crippen molar-refractivity contribution < 1.29 is 22.9 Å². The van der Waals surface area contributed by atoms with Gasteiger partial charge in [-0.25, -0.2) is 9.56 Å². The first-order valence-electron chi connectivity index (χ1n) is 8.68. The number of hydrogen-bond acceptors (Lipinski definition) is 6. The first-order chi connectivity index (χ1) is 13.1. The molecule has 1 aliphatic rings. The minimum absolute atomic E-state index is 0.00165. The molecule has 142 valence electrons. The van der Waals surface area contributed by atoms with Crippen LogP contribution in [0.3, 0.4) is 0 Å². The number of aliphatic imine (C=N–C) groups is 1. The number of para-hydroxylation sites is 2. The van der Waals surface area contributed by atoms with Crippen LogP contribution in [0.5, 0.6) is 0 Å². The number of hydrogen-bond donors (Lipinski definition) is 0. The lowest BCUT2D eigenvalue weighted by Gasteiger charge is -2.23. The van der Waals surface area contributed by atoms with E-state index in [1.807, 2.05) is 30.3 Å². The molecule has 0 saturated heterocycles. The van der Waals surface area contributed by atoms with Gasteiger partial charge in [-0.2, -0.15) is 0 Å². The fraction of sp³-hybridized carbons (Fsp3) is 0.263. The van der Waals surface area contributed by atoms with Crippen molar-refractivity contribution in [2.45, 2.75) is 13.8 Å². The van der Waals surface area contributed by atoms with E-state index in [2.05, 4.69) is 4.99 Å². The molecule has 27 heavy (non-hydrogen) atoms. The van der Waals surface area contributed by atoms with Gasteiger partial charge in [0.25, 0.3) is 5.91 Å². The molecule has 2 aromatic rings. The van der Waals surface area contributed by atoms with Gasteiger partial charge in [-0.15, -0.1) is 0 Å². The SMILES string of the molecule is CCOP(=O)(OCC)OC1=Nc2ccccc2C(=O)N(c2ccccc2)C1. The molecule has 8 heteroatoms. The Morgan fingerprint density at radius 3 is 2.30 bits per heavy atom. The maximum absolute atomic E-state index is 13.1. The molecular formula is C19H21N2O5P. The first kappa shape index (κ1) is 19.3. The lowest BCUT2D eigenvalue weighted by atomic mass is 10.1. The van der Waals surface area contributed by atoms with Crippen LogP contribution >= 0.6 is 7.82 Å². The summed E-state index contributed by atoms with van der Waals surface area (Å²) in [4.78, 5) is 19.0. The molecule has 2 aromatic carbocycles. The number of rotatable bonds is 6. The standard InChI is InChI=1S/C19H21N2O5P/c1-3-24-27(23,25-4-2)26-18-14-21(15-10-6-5-7-11-15)19(22)16-12-8-9-13-17(16)20-18/h5-13H,3-4,14H2,1-2H3. The van der Waals surface area contributed by atoms with Gasteiger partial charge in [-0.1, -0.05) is 30.3 Å². The van der Waals surface area contributed by atoms with Crippen molar-refractivity contribution in [3.8, 4) is 0 Å². The molecule has 7 nitrogen and oxygen atoms in total. The highest BCUT2D eigenvalue weighted by Gasteiger charge is 2.33. The first-order valence-corrected chi connectivity index (χ1v) is 10.1. The van der Waals surface area contributed by atoms with E-state index in [-0.39, 0.29) is 31.6 Å². The highest BCUT2D eigenvalue weighted by Crippen LogP contribution is 2.50. The van der Waals surface area contributed by atoms with Crippen LogP contribution in [0.15, 0.2) is 59.6 Å². The van der Waals surface area contributed by atoms with Crippen LogP contribution < -0.4 is 4.90 Å². The Morgan fingerprint density at radius 1 is 1.00 bits per heavy atom. The number of carbonyl (C=O) groups is 1. The minimum Gasteiger partial charge on any atom is -0.388 e. The van der Waals surface area contributed by atoms with Crippen LogP contribution in [-0.4, -0.2) is 31.6 Å². The van der Waals surface area contributed by atoms with Crippen LogP contribution in [0, 0.1) is 0 Å². The molecule has 0 aliphatic carbocycles. The van der Waals surface area contributed by atoms with E-state index in [1.54, 1.807) is 38.1 Å². The zero-order valence-electron chi connectivity index (χ0n) is 15.2. The van der Waals surface area contributed by atoms with Crippen molar-refractivity contribution in [3.63, 3.8) is 0 Å². The number of amides is 1. The van der Waals surface area contributed by atoms with Gasteiger partial charge in [0.05, 0.1) is 24.5 Å². The molecule has 0 N–H and O–H groups in total. The van der Waals surface area contributed by atoms with Crippen molar-refractivity contribution >= 4 is 31.0 Å². The van der Waals surface area contributed by atoms with Crippen molar-refractivity contribution in [1.82, 2.24) is 0 Å². The Morgan fingerprint density at radius 2 is 1.63 bits per heavy atom. The topological polar surface area (TPSA) is 77.4 Å².